The lowest BCUT2D eigenvalue weighted by Gasteiger charge is -2.52. The van der Waals surface area contributed by atoms with Crippen LogP contribution >= 0.6 is 0 Å². The Morgan fingerprint density at radius 1 is 1.00 bits per heavy atom. The molecule has 2 aliphatic heterocycles. The first kappa shape index (κ1) is 14.9. The molecule has 1 saturated carbocycles. The number of ketones is 1. The van der Waals surface area contributed by atoms with Crippen LogP contribution in [-0.2, 0) is 4.79 Å². The van der Waals surface area contributed by atoms with E-state index in [9.17, 15) is 14.9 Å². The largest absolute Gasteiger partial charge is 0.360 e. The Kier molecular flexibility index (Phi) is 3.56. The van der Waals surface area contributed by atoms with Crippen molar-refractivity contribution in [3.05, 3.63) is 70.3 Å². The Bertz CT molecular complexity index is 773. The number of carbonyl (C=O) groups excluding carboxylic acids is 1. The van der Waals surface area contributed by atoms with Crippen molar-refractivity contribution >= 4 is 17.2 Å². The maximum Gasteiger partial charge on any atom is 0.269 e. The second kappa shape index (κ2) is 5.74. The average molecular weight is 322 g/mol. The molecule has 5 heteroatoms. The number of nitrogens with zero attached hydrogens (tertiary/aromatic N) is 2. The average Bonchev–Trinajstić information content (AvgIpc) is 2.62. The highest BCUT2D eigenvalue weighted by Gasteiger charge is 2.47. The molecule has 24 heavy (non-hydrogen) atoms. The fourth-order valence-electron chi connectivity index (χ4n) is 4.17. The molecule has 2 heterocycles. The van der Waals surface area contributed by atoms with Crippen LogP contribution in [0.2, 0.25) is 0 Å². The molecule has 122 valence electrons. The number of nitro benzene ring substituents is 1. The van der Waals surface area contributed by atoms with E-state index in [2.05, 4.69) is 17.0 Å². The van der Waals surface area contributed by atoms with Crippen molar-refractivity contribution in [2.75, 3.05) is 4.90 Å². The van der Waals surface area contributed by atoms with E-state index in [1.807, 2.05) is 18.2 Å². The number of piperidine rings is 2. The number of Topliss-reactive ketones (excluding diaryl/α,β-unsaturated/α-hetero) is 1. The van der Waals surface area contributed by atoms with Crippen LogP contribution in [0.25, 0.3) is 0 Å². The van der Waals surface area contributed by atoms with Gasteiger partial charge in [0.15, 0.2) is 0 Å². The predicted octanol–water partition coefficient (Wildman–Crippen LogP) is 3.89. The van der Waals surface area contributed by atoms with Gasteiger partial charge in [-0.1, -0.05) is 30.3 Å². The second-order valence-corrected chi connectivity index (χ2v) is 6.54. The lowest BCUT2D eigenvalue weighted by molar-refractivity contribution is -0.384. The lowest BCUT2D eigenvalue weighted by Crippen LogP contribution is -2.54. The zero-order valence-corrected chi connectivity index (χ0v) is 13.2. The molecule has 2 aromatic carbocycles. The summed E-state index contributed by atoms with van der Waals surface area (Å²) in [5.41, 5.74) is 2.18. The summed E-state index contributed by atoms with van der Waals surface area (Å²) >= 11 is 0. The molecule has 5 nitrogen and oxygen atoms in total. The van der Waals surface area contributed by atoms with Crippen LogP contribution in [0.4, 0.5) is 11.4 Å². The molecular weight excluding hydrogens is 304 g/mol. The number of hydrogen-bond donors (Lipinski definition) is 0. The highest BCUT2D eigenvalue weighted by Crippen LogP contribution is 2.47. The van der Waals surface area contributed by atoms with E-state index >= 15 is 0 Å². The lowest BCUT2D eigenvalue weighted by atomic mass is 9.71. The van der Waals surface area contributed by atoms with Crippen molar-refractivity contribution in [3.8, 4) is 0 Å². The number of nitro groups is 1. The summed E-state index contributed by atoms with van der Waals surface area (Å²) in [5.74, 6) is 0.353. The summed E-state index contributed by atoms with van der Waals surface area (Å²) in [5, 5.41) is 10.9. The fourth-order valence-corrected chi connectivity index (χ4v) is 4.17. The Balaban J connectivity index is 1.76. The van der Waals surface area contributed by atoms with E-state index in [1.165, 1.54) is 0 Å². The number of fused-ring (bicyclic) bond motifs is 3. The third-order valence-electron chi connectivity index (χ3n) is 5.24. The molecule has 2 bridgehead atoms. The predicted molar refractivity (Wildman–Crippen MR) is 90.9 cm³/mol. The summed E-state index contributed by atoms with van der Waals surface area (Å²) < 4.78 is 0. The van der Waals surface area contributed by atoms with E-state index in [1.54, 1.807) is 24.3 Å². The normalized spacial score (nSPS) is 25.8. The topological polar surface area (TPSA) is 63.5 Å². The van der Waals surface area contributed by atoms with E-state index < -0.39 is 0 Å². The monoisotopic (exact) mass is 322 g/mol. The minimum absolute atomic E-state index is 0.00703. The first-order valence-electron chi connectivity index (χ1n) is 8.25. The highest BCUT2D eigenvalue weighted by atomic mass is 16.6. The van der Waals surface area contributed by atoms with Crippen LogP contribution in [0.15, 0.2) is 54.6 Å². The van der Waals surface area contributed by atoms with Crippen molar-refractivity contribution in [2.45, 2.75) is 31.3 Å². The molecule has 5 rings (SSSR count). The molecule has 2 aromatic rings. The van der Waals surface area contributed by atoms with Gasteiger partial charge in [0.05, 0.1) is 11.0 Å². The maximum absolute atomic E-state index is 12.4. The summed E-state index contributed by atoms with van der Waals surface area (Å²) in [7, 11) is 0. The molecule has 0 N–H and O–H groups in total. The van der Waals surface area contributed by atoms with Gasteiger partial charge in [-0.05, 0) is 30.5 Å². The van der Waals surface area contributed by atoms with Gasteiger partial charge in [0.25, 0.3) is 5.69 Å². The first-order valence-corrected chi connectivity index (χ1v) is 8.25. The van der Waals surface area contributed by atoms with Crippen LogP contribution in [0.1, 0.15) is 30.9 Å². The van der Waals surface area contributed by atoms with Gasteiger partial charge in [-0.3, -0.25) is 14.9 Å². The molecule has 0 radical (unpaired) electrons. The molecule has 0 unspecified atom stereocenters. The van der Waals surface area contributed by atoms with Gasteiger partial charge < -0.3 is 4.90 Å². The quantitative estimate of drug-likeness (QED) is 0.635. The Hall–Kier alpha value is -2.69. The molecule has 0 amide bonds. The number of benzene rings is 2. The van der Waals surface area contributed by atoms with Crippen molar-refractivity contribution in [2.24, 2.45) is 5.92 Å². The van der Waals surface area contributed by atoms with Crippen LogP contribution in [-0.4, -0.2) is 16.7 Å². The van der Waals surface area contributed by atoms with Crippen LogP contribution in [0, 0.1) is 16.0 Å². The van der Waals surface area contributed by atoms with Gasteiger partial charge in [-0.2, -0.15) is 0 Å². The van der Waals surface area contributed by atoms with E-state index in [4.69, 9.17) is 0 Å². The summed E-state index contributed by atoms with van der Waals surface area (Å²) in [4.78, 5) is 25.3. The summed E-state index contributed by atoms with van der Waals surface area (Å²) in [6, 6.07) is 17.0. The highest BCUT2D eigenvalue weighted by molar-refractivity contribution is 5.86. The van der Waals surface area contributed by atoms with Crippen LogP contribution in [0.5, 0.6) is 0 Å². The van der Waals surface area contributed by atoms with E-state index in [0.29, 0.717) is 12.2 Å². The van der Waals surface area contributed by atoms with Crippen LogP contribution in [0.3, 0.4) is 0 Å². The standard InChI is InChI=1S/C19H18N2O3/c22-18-12-16-10-11-17(18)19(13-4-2-1-3-5-13)20(16)14-6-8-15(9-7-14)21(23)24/h1-9,16-17,19H,10-12H2/t16-,17+,19+/m0/s1. The number of anilines is 1. The SMILES string of the molecule is O=C1C[C@@H]2CC[C@H]1[C@@H](c1ccccc1)N2c1ccc([N+](=O)[O-])cc1. The molecule has 1 aliphatic carbocycles. The Labute approximate surface area is 140 Å². The number of carbonyl (C=O) groups is 1. The molecule has 2 saturated heterocycles. The van der Waals surface area contributed by atoms with E-state index in [-0.39, 0.29) is 28.6 Å². The Morgan fingerprint density at radius 2 is 1.71 bits per heavy atom. The smallest absolute Gasteiger partial charge is 0.269 e. The van der Waals surface area contributed by atoms with E-state index in [0.717, 1.165) is 24.1 Å². The minimum Gasteiger partial charge on any atom is -0.360 e. The van der Waals surface area contributed by atoms with Crippen LogP contribution < -0.4 is 4.90 Å². The van der Waals surface area contributed by atoms with Gasteiger partial charge >= 0.3 is 0 Å². The van der Waals surface area contributed by atoms with Crippen molar-refractivity contribution in [3.63, 3.8) is 0 Å². The molecule has 0 aromatic heterocycles. The molecule has 3 aliphatic rings. The van der Waals surface area contributed by atoms with Crippen molar-refractivity contribution in [1.82, 2.24) is 0 Å². The molecular formula is C19H18N2O3. The molecule has 0 spiro atoms. The summed E-state index contributed by atoms with van der Waals surface area (Å²) in [6.45, 7) is 0. The maximum atomic E-state index is 12.4. The minimum atomic E-state index is -0.385. The van der Waals surface area contributed by atoms with Gasteiger partial charge in [-0.25, -0.2) is 0 Å². The fraction of sp³-hybridized carbons (Fsp3) is 0.316. The number of hydrogen-bond acceptors (Lipinski definition) is 4. The third-order valence-corrected chi connectivity index (χ3v) is 5.24. The van der Waals surface area contributed by atoms with Crippen molar-refractivity contribution < 1.29 is 9.72 Å². The first-order chi connectivity index (χ1) is 11.6. The van der Waals surface area contributed by atoms with Gasteiger partial charge in [0.1, 0.15) is 5.78 Å². The number of non-ortho nitro benzene ring substituents is 1. The molecule has 3 atom stereocenters. The summed E-state index contributed by atoms with van der Waals surface area (Å²) in [6.07, 6.45) is 2.49. The Morgan fingerprint density at radius 3 is 2.33 bits per heavy atom. The van der Waals surface area contributed by atoms with Gasteiger partial charge in [0.2, 0.25) is 0 Å². The number of rotatable bonds is 3. The second-order valence-electron chi connectivity index (χ2n) is 6.54. The zero-order chi connectivity index (χ0) is 16.7. The van der Waals surface area contributed by atoms with Crippen molar-refractivity contribution in [1.29, 1.82) is 0 Å². The van der Waals surface area contributed by atoms with Gasteiger partial charge in [0, 0.05) is 36.2 Å². The zero-order valence-electron chi connectivity index (χ0n) is 13.2. The molecule has 3 fully saturated rings. The van der Waals surface area contributed by atoms with Gasteiger partial charge in [-0.15, -0.1) is 0 Å². The third kappa shape index (κ3) is 2.37.